The molecule has 0 fully saturated rings. The maximum Gasteiger partial charge on any atom is 0.319 e. The van der Waals surface area contributed by atoms with Crippen molar-refractivity contribution >= 4 is 33.6 Å². The topological polar surface area (TPSA) is 83.1 Å². The highest BCUT2D eigenvalue weighted by atomic mass is 79.9. The van der Waals surface area contributed by atoms with Gasteiger partial charge in [-0.25, -0.2) is 4.79 Å². The Hall–Kier alpha value is -3.19. The van der Waals surface area contributed by atoms with Crippen LogP contribution in [0.3, 0.4) is 0 Å². The molecule has 7 heteroatoms. The fourth-order valence-electron chi connectivity index (χ4n) is 3.02. The Balaban J connectivity index is 1.54. The number of nitrogens with zero attached hydrogens (tertiary/aromatic N) is 1. The summed E-state index contributed by atoms with van der Waals surface area (Å²) in [6.07, 6.45) is 3.37. The van der Waals surface area contributed by atoms with Gasteiger partial charge in [-0.2, -0.15) is 0 Å². The van der Waals surface area contributed by atoms with Crippen LogP contribution in [0.15, 0.2) is 77.5 Å². The van der Waals surface area contributed by atoms with Gasteiger partial charge in [0.05, 0.1) is 5.41 Å². The van der Waals surface area contributed by atoms with E-state index in [9.17, 15) is 9.59 Å². The van der Waals surface area contributed by atoms with Crippen LogP contribution in [0.25, 0.3) is 0 Å². The second-order valence-electron chi connectivity index (χ2n) is 7.68. The van der Waals surface area contributed by atoms with Gasteiger partial charge in [0.25, 0.3) is 0 Å². The average molecular weight is 481 g/mol. The van der Waals surface area contributed by atoms with E-state index in [1.807, 2.05) is 74.5 Å². The van der Waals surface area contributed by atoms with Gasteiger partial charge in [0.2, 0.25) is 5.91 Å². The number of anilines is 1. The number of aromatic nitrogens is 1. The molecule has 3 N–H and O–H groups in total. The molecule has 0 radical (unpaired) electrons. The number of carbonyl (C=O) groups excluding carboxylic acids is 2. The minimum Gasteiger partial charge on any atom is -0.351 e. The summed E-state index contributed by atoms with van der Waals surface area (Å²) in [7, 11) is 0. The SMILES string of the molecule is CC(C)(C(=O)NCc1cccc(NC(=O)NCc2ccncc2)c1)c1ccc(Br)cc1. The Labute approximate surface area is 190 Å². The largest absolute Gasteiger partial charge is 0.351 e. The third-order valence-electron chi connectivity index (χ3n) is 4.97. The smallest absolute Gasteiger partial charge is 0.319 e. The molecule has 0 aliphatic heterocycles. The van der Waals surface area contributed by atoms with Gasteiger partial charge >= 0.3 is 6.03 Å². The van der Waals surface area contributed by atoms with Crippen molar-refractivity contribution < 1.29 is 9.59 Å². The maximum absolute atomic E-state index is 12.8. The van der Waals surface area contributed by atoms with Crippen molar-refractivity contribution in [2.45, 2.75) is 32.4 Å². The number of rotatable bonds is 7. The lowest BCUT2D eigenvalue weighted by atomic mass is 9.83. The van der Waals surface area contributed by atoms with Crippen LogP contribution < -0.4 is 16.0 Å². The highest BCUT2D eigenvalue weighted by Gasteiger charge is 2.29. The fourth-order valence-corrected chi connectivity index (χ4v) is 3.28. The quantitative estimate of drug-likeness (QED) is 0.455. The summed E-state index contributed by atoms with van der Waals surface area (Å²) in [5.74, 6) is -0.0664. The Bertz CT molecular complexity index is 1040. The van der Waals surface area contributed by atoms with Crippen molar-refractivity contribution in [2.75, 3.05) is 5.32 Å². The number of benzene rings is 2. The van der Waals surface area contributed by atoms with Crippen LogP contribution in [0, 0.1) is 0 Å². The first-order valence-corrected chi connectivity index (χ1v) is 10.7. The predicted octanol–water partition coefficient (Wildman–Crippen LogP) is 4.76. The molecule has 6 nitrogen and oxygen atoms in total. The molecule has 160 valence electrons. The molecule has 0 bridgehead atoms. The van der Waals surface area contributed by atoms with Crippen molar-refractivity contribution in [3.05, 3.63) is 94.2 Å². The number of urea groups is 1. The lowest BCUT2D eigenvalue weighted by molar-refractivity contribution is -0.125. The van der Waals surface area contributed by atoms with Crippen molar-refractivity contribution in [2.24, 2.45) is 0 Å². The molecular formula is C24H25BrN4O2. The van der Waals surface area contributed by atoms with Crippen molar-refractivity contribution in [1.29, 1.82) is 0 Å². The van der Waals surface area contributed by atoms with E-state index in [0.29, 0.717) is 18.8 Å². The van der Waals surface area contributed by atoms with Gasteiger partial charge in [-0.3, -0.25) is 9.78 Å². The molecule has 0 aliphatic rings. The second-order valence-corrected chi connectivity index (χ2v) is 8.59. The normalized spacial score (nSPS) is 10.9. The number of pyridine rings is 1. The van der Waals surface area contributed by atoms with Crippen LogP contribution in [0.2, 0.25) is 0 Å². The van der Waals surface area contributed by atoms with E-state index in [-0.39, 0.29) is 11.9 Å². The average Bonchev–Trinajstić information content (AvgIpc) is 2.77. The molecule has 1 heterocycles. The van der Waals surface area contributed by atoms with Crippen LogP contribution >= 0.6 is 15.9 Å². The van der Waals surface area contributed by atoms with Gasteiger partial charge < -0.3 is 16.0 Å². The summed E-state index contributed by atoms with van der Waals surface area (Å²) < 4.78 is 0.974. The first kappa shape index (κ1) is 22.5. The molecule has 0 unspecified atom stereocenters. The number of nitrogens with one attached hydrogen (secondary N) is 3. The Morgan fingerprint density at radius 2 is 1.58 bits per heavy atom. The van der Waals surface area contributed by atoms with E-state index in [0.717, 1.165) is 21.2 Å². The number of hydrogen-bond acceptors (Lipinski definition) is 3. The summed E-state index contributed by atoms with van der Waals surface area (Å²) >= 11 is 3.42. The Morgan fingerprint density at radius 3 is 2.29 bits per heavy atom. The monoisotopic (exact) mass is 480 g/mol. The zero-order chi connectivity index (χ0) is 22.3. The minimum absolute atomic E-state index is 0.0664. The van der Waals surface area contributed by atoms with Gasteiger partial charge in [-0.1, -0.05) is 40.2 Å². The summed E-state index contributed by atoms with van der Waals surface area (Å²) in [6, 6.07) is 18.6. The van der Waals surface area contributed by atoms with E-state index >= 15 is 0 Å². The van der Waals surface area contributed by atoms with Gasteiger partial charge in [0, 0.05) is 35.6 Å². The standard InChI is InChI=1S/C24H25BrN4O2/c1-24(2,19-6-8-20(25)9-7-19)22(30)27-16-18-4-3-5-21(14-18)29-23(31)28-15-17-10-12-26-13-11-17/h3-14H,15-16H2,1-2H3,(H,27,30)(H2,28,29,31). The van der Waals surface area contributed by atoms with Crippen molar-refractivity contribution in [1.82, 2.24) is 15.6 Å². The van der Waals surface area contributed by atoms with Crippen LogP contribution in [-0.4, -0.2) is 16.9 Å². The van der Waals surface area contributed by atoms with Gasteiger partial charge in [0.15, 0.2) is 0 Å². The zero-order valence-corrected chi connectivity index (χ0v) is 19.1. The van der Waals surface area contributed by atoms with Gasteiger partial charge in [0.1, 0.15) is 0 Å². The zero-order valence-electron chi connectivity index (χ0n) is 17.5. The first-order valence-electron chi connectivity index (χ1n) is 9.91. The van der Waals surface area contributed by atoms with E-state index in [1.165, 1.54) is 0 Å². The van der Waals surface area contributed by atoms with E-state index in [2.05, 4.69) is 36.9 Å². The summed E-state index contributed by atoms with van der Waals surface area (Å²) in [5, 5.41) is 8.62. The minimum atomic E-state index is -0.663. The fraction of sp³-hybridized carbons (Fsp3) is 0.208. The molecule has 3 aromatic rings. The van der Waals surface area contributed by atoms with Crippen LogP contribution in [0.4, 0.5) is 10.5 Å². The van der Waals surface area contributed by atoms with E-state index in [4.69, 9.17) is 0 Å². The number of carbonyl (C=O) groups is 2. The van der Waals surface area contributed by atoms with E-state index in [1.54, 1.807) is 12.4 Å². The molecule has 1 aromatic heterocycles. The molecule has 0 saturated heterocycles. The molecule has 31 heavy (non-hydrogen) atoms. The van der Waals surface area contributed by atoms with Gasteiger partial charge in [-0.05, 0) is 66.9 Å². The first-order chi connectivity index (χ1) is 14.8. The Morgan fingerprint density at radius 1 is 0.903 bits per heavy atom. The lowest BCUT2D eigenvalue weighted by Gasteiger charge is -2.24. The molecule has 0 spiro atoms. The number of amides is 3. The highest BCUT2D eigenvalue weighted by molar-refractivity contribution is 9.10. The van der Waals surface area contributed by atoms with Crippen molar-refractivity contribution in [3.63, 3.8) is 0 Å². The van der Waals surface area contributed by atoms with E-state index < -0.39 is 5.41 Å². The lowest BCUT2D eigenvalue weighted by Crippen LogP contribution is -2.39. The molecule has 0 aliphatic carbocycles. The summed E-state index contributed by atoms with van der Waals surface area (Å²) in [6.45, 7) is 4.58. The summed E-state index contributed by atoms with van der Waals surface area (Å²) in [4.78, 5) is 28.9. The molecule has 0 atom stereocenters. The van der Waals surface area contributed by atoms with Crippen LogP contribution in [-0.2, 0) is 23.3 Å². The third kappa shape index (κ3) is 6.39. The molecule has 2 aromatic carbocycles. The molecule has 3 rings (SSSR count). The molecule has 3 amide bonds. The van der Waals surface area contributed by atoms with Crippen molar-refractivity contribution in [3.8, 4) is 0 Å². The maximum atomic E-state index is 12.8. The second kappa shape index (κ2) is 10.2. The molecular weight excluding hydrogens is 456 g/mol. The van der Waals surface area contributed by atoms with Crippen LogP contribution in [0.1, 0.15) is 30.5 Å². The third-order valence-corrected chi connectivity index (χ3v) is 5.50. The van der Waals surface area contributed by atoms with Gasteiger partial charge in [-0.15, -0.1) is 0 Å². The van der Waals surface area contributed by atoms with Crippen LogP contribution in [0.5, 0.6) is 0 Å². The number of halogens is 1. The number of hydrogen-bond donors (Lipinski definition) is 3. The predicted molar refractivity (Wildman–Crippen MR) is 126 cm³/mol. The summed E-state index contributed by atoms with van der Waals surface area (Å²) in [5.41, 5.74) is 2.80. The molecule has 0 saturated carbocycles. The Kier molecular flexibility index (Phi) is 7.41. The highest BCUT2D eigenvalue weighted by Crippen LogP contribution is 2.25.